The molecule has 2 heterocycles. The normalized spacial score (nSPS) is 10.8. The molecule has 1 aromatic carbocycles. The van der Waals surface area contributed by atoms with Crippen molar-refractivity contribution in [3.63, 3.8) is 0 Å². The first kappa shape index (κ1) is 11.2. The molecule has 0 saturated carbocycles. The van der Waals surface area contributed by atoms with Crippen molar-refractivity contribution in [1.29, 1.82) is 0 Å². The lowest BCUT2D eigenvalue weighted by Crippen LogP contribution is -1.93. The average molecular weight is 259 g/mol. The second-order valence-corrected chi connectivity index (χ2v) is 3.90. The number of hydrogen-bond donors (Lipinski definition) is 1. The van der Waals surface area contributed by atoms with E-state index >= 15 is 0 Å². The number of oxazole rings is 1. The van der Waals surface area contributed by atoms with Gasteiger partial charge in [-0.05, 0) is 6.07 Å². The molecule has 0 fully saturated rings. The first-order chi connectivity index (χ1) is 9.13. The van der Waals surface area contributed by atoms with Gasteiger partial charge < -0.3 is 4.42 Å². The van der Waals surface area contributed by atoms with Crippen LogP contribution in [0.3, 0.4) is 0 Å². The number of rotatable bonds is 3. The van der Waals surface area contributed by atoms with Crippen molar-refractivity contribution < 1.29 is 9.34 Å². The van der Waals surface area contributed by atoms with Crippen molar-refractivity contribution in [1.82, 2.24) is 14.8 Å². The van der Waals surface area contributed by atoms with E-state index < -0.39 is 4.92 Å². The highest BCUT2D eigenvalue weighted by atomic mass is 16.6. The number of hydrogen-bond acceptors (Lipinski definition) is 6. The number of anilines is 2. The summed E-state index contributed by atoms with van der Waals surface area (Å²) in [5, 5.41) is 17.8. The van der Waals surface area contributed by atoms with Gasteiger partial charge in [0.05, 0.1) is 4.92 Å². The van der Waals surface area contributed by atoms with Crippen molar-refractivity contribution >= 4 is 28.6 Å². The number of nitrogens with one attached hydrogen (secondary N) is 1. The first-order valence-corrected chi connectivity index (χ1v) is 5.44. The lowest BCUT2D eigenvalue weighted by Gasteiger charge is -1.93. The van der Waals surface area contributed by atoms with Gasteiger partial charge in [-0.3, -0.25) is 20.1 Å². The summed E-state index contributed by atoms with van der Waals surface area (Å²) in [7, 11) is 1.78. The van der Waals surface area contributed by atoms with Gasteiger partial charge in [0.15, 0.2) is 16.9 Å². The minimum atomic E-state index is -0.491. The van der Waals surface area contributed by atoms with Crippen LogP contribution in [0.4, 0.5) is 17.5 Å². The maximum atomic E-state index is 10.9. The smallest absolute Gasteiger partial charge is 0.301 e. The Balaban J connectivity index is 2.02. The topological polar surface area (TPSA) is 99.0 Å². The monoisotopic (exact) mass is 259 g/mol. The molecule has 8 heteroatoms. The van der Waals surface area contributed by atoms with Gasteiger partial charge in [0, 0.05) is 25.4 Å². The molecule has 19 heavy (non-hydrogen) atoms. The van der Waals surface area contributed by atoms with Crippen LogP contribution in [0.2, 0.25) is 0 Å². The second kappa shape index (κ2) is 4.09. The minimum Gasteiger partial charge on any atom is -0.423 e. The third-order valence-electron chi connectivity index (χ3n) is 2.54. The lowest BCUT2D eigenvalue weighted by molar-refractivity contribution is -0.383. The van der Waals surface area contributed by atoms with Crippen molar-refractivity contribution in [3.05, 3.63) is 40.6 Å². The number of nitro benzene ring substituents is 1. The third-order valence-corrected chi connectivity index (χ3v) is 2.54. The van der Waals surface area contributed by atoms with E-state index in [0.29, 0.717) is 11.4 Å². The number of nitrogens with zero attached hydrogens (tertiary/aromatic N) is 4. The third kappa shape index (κ3) is 1.99. The molecule has 8 nitrogen and oxygen atoms in total. The molecule has 0 saturated heterocycles. The van der Waals surface area contributed by atoms with Crippen LogP contribution in [0.5, 0.6) is 0 Å². The number of aryl methyl sites for hydroxylation is 1. The molecule has 0 aliphatic carbocycles. The Morgan fingerprint density at radius 3 is 2.95 bits per heavy atom. The zero-order valence-corrected chi connectivity index (χ0v) is 9.90. The molecular formula is C11H9N5O3. The molecule has 0 unspecified atom stereocenters. The predicted molar refractivity (Wildman–Crippen MR) is 67.2 cm³/mol. The van der Waals surface area contributed by atoms with Crippen LogP contribution in [-0.2, 0) is 7.05 Å². The fourth-order valence-electron chi connectivity index (χ4n) is 1.73. The maximum absolute atomic E-state index is 10.9. The minimum absolute atomic E-state index is 0.0877. The SMILES string of the molecule is Cn1ccc(Nc2nc3c([N+](=O)[O-])cccc3o2)n1. The predicted octanol–water partition coefficient (Wildman–Crippen LogP) is 2.21. The fourth-order valence-corrected chi connectivity index (χ4v) is 1.73. The van der Waals surface area contributed by atoms with Crippen molar-refractivity contribution in [2.24, 2.45) is 7.05 Å². The largest absolute Gasteiger partial charge is 0.423 e. The first-order valence-electron chi connectivity index (χ1n) is 5.44. The Morgan fingerprint density at radius 2 is 2.26 bits per heavy atom. The Labute approximate surface area is 106 Å². The molecule has 2 aromatic heterocycles. The highest BCUT2D eigenvalue weighted by molar-refractivity contribution is 5.84. The summed E-state index contributed by atoms with van der Waals surface area (Å²) in [6.45, 7) is 0. The Bertz CT molecular complexity index is 761. The Morgan fingerprint density at radius 1 is 1.42 bits per heavy atom. The lowest BCUT2D eigenvalue weighted by atomic mass is 10.3. The highest BCUT2D eigenvalue weighted by Crippen LogP contribution is 2.28. The van der Waals surface area contributed by atoms with Gasteiger partial charge in [0.25, 0.3) is 5.69 Å². The van der Waals surface area contributed by atoms with Gasteiger partial charge in [-0.2, -0.15) is 10.1 Å². The molecule has 1 N–H and O–H groups in total. The van der Waals surface area contributed by atoms with E-state index in [1.807, 2.05) is 0 Å². The van der Waals surface area contributed by atoms with Crippen LogP contribution in [0.1, 0.15) is 0 Å². The van der Waals surface area contributed by atoms with E-state index in [1.165, 1.54) is 6.07 Å². The van der Waals surface area contributed by atoms with Gasteiger partial charge in [0.2, 0.25) is 0 Å². The van der Waals surface area contributed by atoms with E-state index in [4.69, 9.17) is 4.42 Å². The molecule has 0 amide bonds. The Kier molecular flexibility index (Phi) is 2.41. The number of aromatic nitrogens is 3. The molecule has 0 spiro atoms. The summed E-state index contributed by atoms with van der Waals surface area (Å²) in [6, 6.07) is 6.47. The Hall–Kier alpha value is -2.90. The van der Waals surface area contributed by atoms with Gasteiger partial charge in [-0.15, -0.1) is 0 Å². The average Bonchev–Trinajstić information content (AvgIpc) is 2.94. The quantitative estimate of drug-likeness (QED) is 0.571. The number of nitro groups is 1. The summed E-state index contributed by atoms with van der Waals surface area (Å²) in [5.41, 5.74) is 0.480. The standard InChI is InChI=1S/C11H9N5O3/c1-15-6-5-9(14-15)12-11-13-10-7(16(17)18)3-2-4-8(10)19-11/h2-6H,1H3,(H,12,13,14). The highest BCUT2D eigenvalue weighted by Gasteiger charge is 2.17. The molecule has 0 radical (unpaired) electrons. The summed E-state index contributed by atoms with van der Waals surface area (Å²) in [6.07, 6.45) is 1.76. The zero-order chi connectivity index (χ0) is 13.4. The summed E-state index contributed by atoms with van der Waals surface area (Å²) in [5.74, 6) is 0.553. The molecule has 3 aromatic rings. The van der Waals surface area contributed by atoms with E-state index in [0.717, 1.165) is 0 Å². The molecular weight excluding hydrogens is 250 g/mol. The zero-order valence-electron chi connectivity index (χ0n) is 9.90. The fraction of sp³-hybridized carbons (Fsp3) is 0.0909. The van der Waals surface area contributed by atoms with Crippen molar-refractivity contribution in [3.8, 4) is 0 Å². The number of non-ortho nitro benzene ring substituents is 1. The van der Waals surface area contributed by atoms with Crippen LogP contribution >= 0.6 is 0 Å². The summed E-state index contributed by atoms with van der Waals surface area (Å²) >= 11 is 0. The van der Waals surface area contributed by atoms with E-state index in [1.54, 1.807) is 36.1 Å². The molecule has 0 bridgehead atoms. The number of benzene rings is 1. The van der Waals surface area contributed by atoms with Gasteiger partial charge in [-0.25, -0.2) is 0 Å². The van der Waals surface area contributed by atoms with Crippen molar-refractivity contribution in [2.75, 3.05) is 5.32 Å². The van der Waals surface area contributed by atoms with Crippen LogP contribution in [-0.4, -0.2) is 19.7 Å². The van der Waals surface area contributed by atoms with E-state index in [9.17, 15) is 10.1 Å². The van der Waals surface area contributed by atoms with Gasteiger partial charge in [0.1, 0.15) is 0 Å². The van der Waals surface area contributed by atoms with Crippen LogP contribution in [0, 0.1) is 10.1 Å². The van der Waals surface area contributed by atoms with Gasteiger partial charge >= 0.3 is 6.01 Å². The van der Waals surface area contributed by atoms with E-state index in [-0.39, 0.29) is 17.2 Å². The van der Waals surface area contributed by atoms with Crippen molar-refractivity contribution in [2.45, 2.75) is 0 Å². The van der Waals surface area contributed by atoms with Crippen LogP contribution in [0.25, 0.3) is 11.1 Å². The number of fused-ring (bicyclic) bond motifs is 1. The summed E-state index contributed by atoms with van der Waals surface area (Å²) in [4.78, 5) is 14.5. The molecule has 0 aliphatic heterocycles. The second-order valence-electron chi connectivity index (χ2n) is 3.90. The van der Waals surface area contributed by atoms with Crippen LogP contribution < -0.4 is 5.32 Å². The molecule has 0 aliphatic rings. The van der Waals surface area contributed by atoms with Gasteiger partial charge in [-0.1, -0.05) is 6.07 Å². The molecule has 0 atom stereocenters. The van der Waals surface area contributed by atoms with E-state index in [2.05, 4.69) is 15.4 Å². The summed E-state index contributed by atoms with van der Waals surface area (Å²) < 4.78 is 7.01. The maximum Gasteiger partial charge on any atom is 0.301 e. The molecule has 96 valence electrons. The number of para-hydroxylation sites is 1. The van der Waals surface area contributed by atoms with Crippen LogP contribution in [0.15, 0.2) is 34.9 Å². The molecule has 3 rings (SSSR count).